The SMILES string of the molecule is CC1(c2ccccc2[B-](F)(F)F)CC1. The molecule has 1 fully saturated rings. The molecule has 0 unspecified atom stereocenters. The predicted octanol–water partition coefficient (Wildman–Crippen LogP) is 2.79. The summed E-state index contributed by atoms with van der Waals surface area (Å²) in [5, 5.41) is 0. The van der Waals surface area contributed by atoms with Crippen LogP contribution in [0.15, 0.2) is 24.3 Å². The van der Waals surface area contributed by atoms with Crippen molar-refractivity contribution in [3.8, 4) is 0 Å². The van der Waals surface area contributed by atoms with E-state index in [1.807, 2.05) is 6.92 Å². The number of hydrogen-bond donors (Lipinski definition) is 0. The maximum absolute atomic E-state index is 12.7. The molecule has 0 N–H and O–H groups in total. The molecule has 0 bridgehead atoms. The first kappa shape index (κ1) is 9.62. The van der Waals surface area contributed by atoms with Gasteiger partial charge in [-0.1, -0.05) is 36.8 Å². The highest BCUT2D eigenvalue weighted by Gasteiger charge is 2.42. The van der Waals surface area contributed by atoms with Crippen LogP contribution in [-0.4, -0.2) is 6.98 Å². The molecule has 0 nitrogen and oxygen atoms in total. The molecule has 0 saturated heterocycles. The van der Waals surface area contributed by atoms with Crippen LogP contribution in [0.5, 0.6) is 0 Å². The first-order valence-corrected chi connectivity index (χ1v) is 4.73. The van der Waals surface area contributed by atoms with E-state index in [-0.39, 0.29) is 5.41 Å². The van der Waals surface area contributed by atoms with Gasteiger partial charge < -0.3 is 12.9 Å². The number of benzene rings is 1. The Morgan fingerprint density at radius 3 is 2.21 bits per heavy atom. The normalized spacial score (nSPS) is 19.4. The van der Waals surface area contributed by atoms with E-state index in [1.54, 1.807) is 12.1 Å². The largest absolute Gasteiger partial charge is 0.509 e. The molecular formula is C10H11BF3-. The van der Waals surface area contributed by atoms with Crippen molar-refractivity contribution in [3.05, 3.63) is 29.8 Å². The van der Waals surface area contributed by atoms with Crippen molar-refractivity contribution >= 4 is 12.4 Å². The highest BCUT2D eigenvalue weighted by Crippen LogP contribution is 2.47. The van der Waals surface area contributed by atoms with E-state index in [0.717, 1.165) is 12.8 Å². The second-order valence-electron chi connectivity index (χ2n) is 4.22. The van der Waals surface area contributed by atoms with Gasteiger partial charge in [-0.2, -0.15) is 0 Å². The molecule has 0 aliphatic heterocycles. The molecule has 1 aliphatic rings. The summed E-state index contributed by atoms with van der Waals surface area (Å²) in [5.41, 5.74) is -0.145. The van der Waals surface area contributed by atoms with Gasteiger partial charge in [-0.15, -0.1) is 5.46 Å². The standard InChI is InChI=1S/C10H11BF3/c1-10(6-7-10)8-4-2-3-5-9(8)11(12,13)14/h2-5H,6-7H2,1H3/q-1. The van der Waals surface area contributed by atoms with E-state index in [2.05, 4.69) is 0 Å². The highest BCUT2D eigenvalue weighted by molar-refractivity contribution is 6.74. The average molecular weight is 199 g/mol. The summed E-state index contributed by atoms with van der Waals surface area (Å²) in [7, 11) is 0. The van der Waals surface area contributed by atoms with Gasteiger partial charge in [-0.25, -0.2) is 0 Å². The fourth-order valence-electron chi connectivity index (χ4n) is 1.79. The number of rotatable bonds is 2. The van der Waals surface area contributed by atoms with E-state index >= 15 is 0 Å². The molecule has 0 atom stereocenters. The first-order chi connectivity index (χ1) is 6.43. The van der Waals surface area contributed by atoms with Gasteiger partial charge in [0.25, 0.3) is 0 Å². The van der Waals surface area contributed by atoms with Crippen LogP contribution >= 0.6 is 0 Å². The van der Waals surface area contributed by atoms with Crippen LogP contribution in [-0.2, 0) is 5.41 Å². The first-order valence-electron chi connectivity index (χ1n) is 4.73. The Balaban J connectivity index is 2.50. The Hall–Kier alpha value is -0.925. The minimum atomic E-state index is -4.86. The maximum atomic E-state index is 12.7. The Kier molecular flexibility index (Phi) is 1.91. The second-order valence-corrected chi connectivity index (χ2v) is 4.22. The second kappa shape index (κ2) is 2.78. The Labute approximate surface area is 81.2 Å². The zero-order chi connectivity index (χ0) is 10.4. The molecule has 1 aromatic carbocycles. The van der Waals surface area contributed by atoms with E-state index < -0.39 is 12.4 Å². The number of halogens is 3. The van der Waals surface area contributed by atoms with Crippen molar-refractivity contribution in [3.63, 3.8) is 0 Å². The molecule has 76 valence electrons. The molecule has 1 aliphatic carbocycles. The van der Waals surface area contributed by atoms with Crippen molar-refractivity contribution < 1.29 is 12.9 Å². The summed E-state index contributed by atoms with van der Waals surface area (Å²) in [4.78, 5) is 0. The molecule has 0 radical (unpaired) electrons. The fourth-order valence-corrected chi connectivity index (χ4v) is 1.79. The van der Waals surface area contributed by atoms with E-state index in [0.29, 0.717) is 5.56 Å². The quantitative estimate of drug-likeness (QED) is 0.642. The van der Waals surface area contributed by atoms with Crippen molar-refractivity contribution in [2.45, 2.75) is 25.2 Å². The summed E-state index contributed by atoms with van der Waals surface area (Å²) < 4.78 is 38.0. The van der Waals surface area contributed by atoms with Crippen molar-refractivity contribution in [1.82, 2.24) is 0 Å². The van der Waals surface area contributed by atoms with Crippen LogP contribution in [0.1, 0.15) is 25.3 Å². The van der Waals surface area contributed by atoms with Gasteiger partial charge >= 0.3 is 6.98 Å². The minimum Gasteiger partial charge on any atom is -0.445 e. The molecule has 14 heavy (non-hydrogen) atoms. The Morgan fingerprint density at radius 2 is 1.71 bits per heavy atom. The molecule has 0 spiro atoms. The summed E-state index contributed by atoms with van der Waals surface area (Å²) in [6, 6.07) is 5.94. The molecule has 0 amide bonds. The molecule has 0 aromatic heterocycles. The summed E-state index contributed by atoms with van der Waals surface area (Å²) in [5.74, 6) is 0. The van der Waals surface area contributed by atoms with E-state index in [9.17, 15) is 12.9 Å². The lowest BCUT2D eigenvalue weighted by atomic mass is 9.73. The van der Waals surface area contributed by atoms with Crippen molar-refractivity contribution in [1.29, 1.82) is 0 Å². The maximum Gasteiger partial charge on any atom is 0.509 e. The van der Waals surface area contributed by atoms with Crippen LogP contribution in [0.4, 0.5) is 12.9 Å². The molecule has 4 heteroatoms. The Morgan fingerprint density at radius 1 is 1.14 bits per heavy atom. The third-order valence-electron chi connectivity index (χ3n) is 2.96. The zero-order valence-corrected chi connectivity index (χ0v) is 7.93. The van der Waals surface area contributed by atoms with Crippen molar-refractivity contribution in [2.75, 3.05) is 0 Å². The van der Waals surface area contributed by atoms with E-state index in [4.69, 9.17) is 0 Å². The Bertz CT molecular complexity index is 328. The van der Waals surface area contributed by atoms with Crippen LogP contribution in [0, 0.1) is 0 Å². The number of hydrogen-bond acceptors (Lipinski definition) is 0. The predicted molar refractivity (Wildman–Crippen MR) is 51.7 cm³/mol. The van der Waals surface area contributed by atoms with Crippen LogP contribution in [0.25, 0.3) is 0 Å². The van der Waals surface area contributed by atoms with Gasteiger partial charge in [-0.3, -0.25) is 0 Å². The lowest BCUT2D eigenvalue weighted by Gasteiger charge is -2.22. The van der Waals surface area contributed by atoms with Gasteiger partial charge in [0, 0.05) is 0 Å². The molecule has 1 aromatic rings. The van der Waals surface area contributed by atoms with Gasteiger partial charge in [-0.05, 0) is 18.3 Å². The third kappa shape index (κ3) is 1.53. The average Bonchev–Trinajstić information content (AvgIpc) is 2.84. The van der Waals surface area contributed by atoms with Crippen LogP contribution in [0.3, 0.4) is 0 Å². The van der Waals surface area contributed by atoms with Gasteiger partial charge in [0.05, 0.1) is 0 Å². The fraction of sp³-hybridized carbons (Fsp3) is 0.400. The molecule has 2 rings (SSSR count). The monoisotopic (exact) mass is 199 g/mol. The molecule has 1 saturated carbocycles. The van der Waals surface area contributed by atoms with E-state index in [1.165, 1.54) is 12.1 Å². The van der Waals surface area contributed by atoms with Crippen LogP contribution < -0.4 is 5.46 Å². The molecule has 0 heterocycles. The van der Waals surface area contributed by atoms with Crippen molar-refractivity contribution in [2.24, 2.45) is 0 Å². The summed E-state index contributed by atoms with van der Waals surface area (Å²) >= 11 is 0. The third-order valence-corrected chi connectivity index (χ3v) is 2.96. The van der Waals surface area contributed by atoms with Gasteiger partial charge in [0.2, 0.25) is 0 Å². The minimum absolute atomic E-state index is 0.214. The zero-order valence-electron chi connectivity index (χ0n) is 7.93. The molecular weight excluding hydrogens is 188 g/mol. The van der Waals surface area contributed by atoms with Crippen LogP contribution in [0.2, 0.25) is 0 Å². The smallest absolute Gasteiger partial charge is 0.445 e. The highest BCUT2D eigenvalue weighted by atomic mass is 19.4. The van der Waals surface area contributed by atoms with Gasteiger partial charge in [0.1, 0.15) is 0 Å². The lowest BCUT2D eigenvalue weighted by molar-refractivity contribution is 0.499. The van der Waals surface area contributed by atoms with Gasteiger partial charge in [0.15, 0.2) is 0 Å². The summed E-state index contributed by atoms with van der Waals surface area (Å²) in [6.07, 6.45) is 1.74. The lowest BCUT2D eigenvalue weighted by Crippen LogP contribution is -2.38. The summed E-state index contributed by atoms with van der Waals surface area (Å²) in [6.45, 7) is -2.97. The topological polar surface area (TPSA) is 0 Å².